The molecule has 1 fully saturated rings. The number of fused-ring (bicyclic) bond motifs is 1. The topological polar surface area (TPSA) is 50.2 Å². The molecule has 2 aromatic rings. The number of amides is 1. The molecule has 1 amide bonds. The highest BCUT2D eigenvalue weighted by Gasteiger charge is 2.26. The lowest BCUT2D eigenvalue weighted by Crippen LogP contribution is -2.39. The Hall–Kier alpha value is -2.14. The van der Waals surface area contributed by atoms with Gasteiger partial charge in [0, 0.05) is 38.8 Å². The van der Waals surface area contributed by atoms with Crippen LogP contribution in [0, 0.1) is 12.8 Å². The number of carbonyl (C=O) groups excluding carboxylic acids is 1. The molecule has 1 aromatic heterocycles. The second kappa shape index (κ2) is 7.62. The van der Waals surface area contributed by atoms with Gasteiger partial charge in [-0.3, -0.25) is 14.4 Å². The van der Waals surface area contributed by atoms with Crippen LogP contribution in [0.2, 0.25) is 0 Å². The van der Waals surface area contributed by atoms with E-state index in [0.717, 1.165) is 32.6 Å². The lowest BCUT2D eigenvalue weighted by molar-refractivity contribution is -0.121. The molecule has 2 aliphatic rings. The number of hydrogen-bond acceptors (Lipinski definition) is 3. The van der Waals surface area contributed by atoms with Crippen LogP contribution in [0.5, 0.6) is 0 Å². The summed E-state index contributed by atoms with van der Waals surface area (Å²) in [5, 5.41) is 7.62. The molecule has 0 bridgehead atoms. The molecule has 5 nitrogen and oxygen atoms in total. The fraction of sp³-hybridized carbons (Fsp3) is 0.524. The number of rotatable bonds is 7. The average Bonchev–Trinajstić information content (AvgIpc) is 3.28. The predicted octanol–water partition coefficient (Wildman–Crippen LogP) is 3.05. The van der Waals surface area contributed by atoms with E-state index in [1.54, 1.807) is 0 Å². The van der Waals surface area contributed by atoms with Crippen LogP contribution >= 0.6 is 0 Å². The van der Waals surface area contributed by atoms with Gasteiger partial charge in [-0.25, -0.2) is 0 Å². The normalized spacial score (nSPS) is 20.0. The molecule has 0 spiro atoms. The van der Waals surface area contributed by atoms with Crippen molar-refractivity contribution in [3.05, 3.63) is 53.3 Å². The zero-order valence-electron chi connectivity index (χ0n) is 15.5. The van der Waals surface area contributed by atoms with Crippen molar-refractivity contribution in [3.8, 4) is 0 Å². The van der Waals surface area contributed by atoms with E-state index in [-0.39, 0.29) is 5.91 Å². The number of hydrogen-bond donors (Lipinski definition) is 1. The van der Waals surface area contributed by atoms with Gasteiger partial charge >= 0.3 is 0 Å². The van der Waals surface area contributed by atoms with E-state index in [9.17, 15) is 4.79 Å². The van der Waals surface area contributed by atoms with Gasteiger partial charge < -0.3 is 5.32 Å². The number of nitrogens with zero attached hydrogens (tertiary/aromatic N) is 3. The Morgan fingerprint density at radius 1 is 1.31 bits per heavy atom. The fourth-order valence-electron chi connectivity index (χ4n) is 3.90. The molecule has 1 aliphatic heterocycles. The Bertz CT molecular complexity index is 765. The SMILES string of the molecule is Cc1cccc(CN2Cc3ccnn3[C@H](CCNC(=O)CC3CC3)C2)c1. The fourth-order valence-corrected chi connectivity index (χ4v) is 3.90. The molecule has 0 unspecified atom stereocenters. The third-order valence-electron chi connectivity index (χ3n) is 5.41. The second-order valence-corrected chi connectivity index (χ2v) is 7.87. The summed E-state index contributed by atoms with van der Waals surface area (Å²) in [4.78, 5) is 14.4. The largest absolute Gasteiger partial charge is 0.356 e. The maximum atomic E-state index is 11.9. The van der Waals surface area contributed by atoms with Crippen molar-refractivity contribution >= 4 is 5.91 Å². The molecular formula is C21H28N4O. The minimum absolute atomic E-state index is 0.209. The average molecular weight is 352 g/mol. The van der Waals surface area contributed by atoms with E-state index in [1.165, 1.54) is 29.7 Å². The summed E-state index contributed by atoms with van der Waals surface area (Å²) >= 11 is 0. The van der Waals surface area contributed by atoms with Crippen molar-refractivity contribution < 1.29 is 4.79 Å². The van der Waals surface area contributed by atoms with Gasteiger partial charge in [0.15, 0.2) is 0 Å². The van der Waals surface area contributed by atoms with Crippen LogP contribution in [-0.4, -0.2) is 33.7 Å². The van der Waals surface area contributed by atoms with Gasteiger partial charge in [0.1, 0.15) is 0 Å². The molecule has 0 saturated heterocycles. The first kappa shape index (κ1) is 17.3. The molecule has 1 aromatic carbocycles. The van der Waals surface area contributed by atoms with Crippen LogP contribution in [-0.2, 0) is 17.9 Å². The maximum Gasteiger partial charge on any atom is 0.220 e. The smallest absolute Gasteiger partial charge is 0.220 e. The Balaban J connectivity index is 1.35. The molecule has 4 rings (SSSR count). The van der Waals surface area contributed by atoms with Crippen molar-refractivity contribution in [2.45, 2.75) is 51.7 Å². The third-order valence-corrected chi connectivity index (χ3v) is 5.41. The second-order valence-electron chi connectivity index (χ2n) is 7.87. The van der Waals surface area contributed by atoms with Gasteiger partial charge in [-0.05, 0) is 43.7 Å². The highest BCUT2D eigenvalue weighted by Crippen LogP contribution is 2.32. The number of benzene rings is 1. The molecule has 1 atom stereocenters. The van der Waals surface area contributed by atoms with E-state index in [0.29, 0.717) is 18.4 Å². The molecule has 1 N–H and O–H groups in total. The van der Waals surface area contributed by atoms with Gasteiger partial charge in [0.05, 0.1) is 11.7 Å². The van der Waals surface area contributed by atoms with Gasteiger partial charge in [0.2, 0.25) is 5.91 Å². The van der Waals surface area contributed by atoms with Gasteiger partial charge in [-0.1, -0.05) is 29.8 Å². The molecule has 5 heteroatoms. The number of aryl methyl sites for hydroxylation is 1. The summed E-state index contributed by atoms with van der Waals surface area (Å²) in [6.45, 7) is 5.73. The lowest BCUT2D eigenvalue weighted by Gasteiger charge is -2.34. The van der Waals surface area contributed by atoms with Gasteiger partial charge in [-0.15, -0.1) is 0 Å². The van der Waals surface area contributed by atoms with Crippen LogP contribution in [0.25, 0.3) is 0 Å². The highest BCUT2D eigenvalue weighted by molar-refractivity contribution is 5.76. The van der Waals surface area contributed by atoms with Gasteiger partial charge in [0.25, 0.3) is 0 Å². The quantitative estimate of drug-likeness (QED) is 0.833. The first-order chi connectivity index (χ1) is 12.7. The van der Waals surface area contributed by atoms with Crippen molar-refractivity contribution in [1.82, 2.24) is 20.0 Å². The van der Waals surface area contributed by atoms with Crippen molar-refractivity contribution in [3.63, 3.8) is 0 Å². The zero-order chi connectivity index (χ0) is 17.9. The van der Waals surface area contributed by atoms with E-state index in [4.69, 9.17) is 0 Å². The molecular weight excluding hydrogens is 324 g/mol. The maximum absolute atomic E-state index is 11.9. The molecule has 1 aliphatic carbocycles. The van der Waals surface area contributed by atoms with Crippen LogP contribution in [0.4, 0.5) is 0 Å². The van der Waals surface area contributed by atoms with E-state index < -0.39 is 0 Å². The Labute approximate surface area is 155 Å². The number of aromatic nitrogens is 2. The number of carbonyl (C=O) groups is 1. The Morgan fingerprint density at radius 3 is 3.00 bits per heavy atom. The van der Waals surface area contributed by atoms with Crippen LogP contribution < -0.4 is 5.32 Å². The minimum Gasteiger partial charge on any atom is -0.356 e. The van der Waals surface area contributed by atoms with Crippen molar-refractivity contribution in [1.29, 1.82) is 0 Å². The highest BCUT2D eigenvalue weighted by atomic mass is 16.1. The summed E-state index contributed by atoms with van der Waals surface area (Å²) < 4.78 is 2.15. The Kier molecular flexibility index (Phi) is 5.07. The summed E-state index contributed by atoms with van der Waals surface area (Å²) in [5.41, 5.74) is 3.92. The standard InChI is InChI=1S/C21H28N4O/c1-16-3-2-4-18(11-16)13-24-14-19(25-20(15-24)8-10-23-25)7-9-22-21(26)12-17-5-6-17/h2-4,8,10-11,17,19H,5-7,9,12-15H2,1H3,(H,22,26)/t19-/m1/s1. The summed E-state index contributed by atoms with van der Waals surface area (Å²) in [6, 6.07) is 11.2. The predicted molar refractivity (Wildman–Crippen MR) is 102 cm³/mol. The molecule has 26 heavy (non-hydrogen) atoms. The van der Waals surface area contributed by atoms with Gasteiger partial charge in [-0.2, -0.15) is 5.10 Å². The molecule has 1 saturated carbocycles. The minimum atomic E-state index is 0.209. The number of nitrogens with one attached hydrogen (secondary N) is 1. The van der Waals surface area contributed by atoms with Crippen molar-refractivity contribution in [2.75, 3.05) is 13.1 Å². The first-order valence-corrected chi connectivity index (χ1v) is 9.74. The molecule has 0 radical (unpaired) electrons. The van der Waals surface area contributed by atoms with Crippen LogP contribution in [0.15, 0.2) is 36.5 Å². The molecule has 2 heterocycles. The zero-order valence-corrected chi connectivity index (χ0v) is 15.5. The van der Waals surface area contributed by atoms with Crippen LogP contribution in [0.1, 0.15) is 48.5 Å². The Morgan fingerprint density at radius 2 is 2.19 bits per heavy atom. The lowest BCUT2D eigenvalue weighted by atomic mass is 10.1. The van der Waals surface area contributed by atoms with Crippen molar-refractivity contribution in [2.24, 2.45) is 5.92 Å². The summed E-state index contributed by atoms with van der Waals surface area (Å²) in [7, 11) is 0. The third kappa shape index (κ3) is 4.33. The van der Waals surface area contributed by atoms with E-state index in [2.05, 4.69) is 57.3 Å². The van der Waals surface area contributed by atoms with Crippen LogP contribution in [0.3, 0.4) is 0 Å². The summed E-state index contributed by atoms with van der Waals surface area (Å²) in [5.74, 6) is 0.854. The van der Waals surface area contributed by atoms with E-state index >= 15 is 0 Å². The molecule has 138 valence electrons. The first-order valence-electron chi connectivity index (χ1n) is 9.74. The monoisotopic (exact) mass is 352 g/mol. The van der Waals surface area contributed by atoms with E-state index in [1.807, 2.05) is 6.20 Å². The summed E-state index contributed by atoms with van der Waals surface area (Å²) in [6.07, 6.45) is 5.97.